The molecule has 2 aromatic rings. The second-order valence-corrected chi connectivity index (χ2v) is 6.82. The largest absolute Gasteiger partial charge is 0.457 e. The summed E-state index contributed by atoms with van der Waals surface area (Å²) in [6.45, 7) is 6.58. The monoisotopic (exact) mass is 428 g/mol. The predicted molar refractivity (Wildman–Crippen MR) is 102 cm³/mol. The van der Waals surface area contributed by atoms with Crippen molar-refractivity contribution in [3.8, 4) is 11.5 Å². The van der Waals surface area contributed by atoms with Crippen LogP contribution >= 0.6 is 15.9 Å². The van der Waals surface area contributed by atoms with Crippen LogP contribution in [0.5, 0.6) is 11.5 Å². The average molecular weight is 429 g/mol. The lowest BCUT2D eigenvalue weighted by molar-refractivity contribution is -0.138. The third kappa shape index (κ3) is 5.00. The van der Waals surface area contributed by atoms with Gasteiger partial charge in [0.1, 0.15) is 11.5 Å². The summed E-state index contributed by atoms with van der Waals surface area (Å²) in [6, 6.07) is 7.45. The van der Waals surface area contributed by atoms with Crippen LogP contribution < -0.4 is 4.74 Å². The highest BCUT2D eigenvalue weighted by atomic mass is 79.9. The van der Waals surface area contributed by atoms with Crippen molar-refractivity contribution in [3.05, 3.63) is 51.5 Å². The van der Waals surface area contributed by atoms with Crippen LogP contribution in [-0.2, 0) is 6.18 Å². The maximum atomic E-state index is 13.0. The molecule has 0 saturated carbocycles. The summed E-state index contributed by atoms with van der Waals surface area (Å²) in [7, 11) is 1.93. The van der Waals surface area contributed by atoms with Crippen LogP contribution in [-0.4, -0.2) is 24.8 Å². The smallest absolute Gasteiger partial charge is 0.417 e. The molecule has 0 N–H and O–H groups in total. The number of alkyl halides is 3. The fourth-order valence-corrected chi connectivity index (χ4v) is 2.65. The third-order valence-corrected chi connectivity index (χ3v) is 4.55. The van der Waals surface area contributed by atoms with Crippen molar-refractivity contribution in [2.75, 3.05) is 13.6 Å². The molecule has 0 fully saturated rings. The van der Waals surface area contributed by atoms with Crippen molar-refractivity contribution in [2.24, 2.45) is 4.99 Å². The van der Waals surface area contributed by atoms with Gasteiger partial charge in [-0.3, -0.25) is 0 Å². The Morgan fingerprint density at radius 3 is 2.46 bits per heavy atom. The Bertz CT molecular complexity index is 819. The third-order valence-electron chi connectivity index (χ3n) is 3.86. The van der Waals surface area contributed by atoms with Gasteiger partial charge in [0.05, 0.1) is 17.6 Å². The zero-order valence-corrected chi connectivity index (χ0v) is 16.6. The number of aryl methyl sites for hydroxylation is 2. The summed E-state index contributed by atoms with van der Waals surface area (Å²) in [5.41, 5.74) is 1.69. The normalized spacial score (nSPS) is 11.8. The molecule has 0 heterocycles. The minimum absolute atomic E-state index is 0.0185. The van der Waals surface area contributed by atoms with Crippen molar-refractivity contribution >= 4 is 28.0 Å². The van der Waals surface area contributed by atoms with E-state index in [1.807, 2.05) is 38.8 Å². The highest BCUT2D eigenvalue weighted by Gasteiger charge is 2.33. The van der Waals surface area contributed by atoms with Gasteiger partial charge >= 0.3 is 6.18 Å². The van der Waals surface area contributed by atoms with Gasteiger partial charge in [-0.1, -0.05) is 15.9 Å². The molecule has 26 heavy (non-hydrogen) atoms. The minimum atomic E-state index is -4.45. The van der Waals surface area contributed by atoms with Crippen LogP contribution in [0.3, 0.4) is 0 Å². The maximum Gasteiger partial charge on any atom is 0.417 e. The lowest BCUT2D eigenvalue weighted by Gasteiger charge is -2.15. The van der Waals surface area contributed by atoms with E-state index >= 15 is 0 Å². The molecule has 0 radical (unpaired) electrons. The Balaban J connectivity index is 2.31. The van der Waals surface area contributed by atoms with E-state index < -0.39 is 11.7 Å². The summed E-state index contributed by atoms with van der Waals surface area (Å²) >= 11 is 2.93. The predicted octanol–water partition coefficient (Wildman–Crippen LogP) is 6.49. The van der Waals surface area contributed by atoms with E-state index in [9.17, 15) is 13.2 Å². The van der Waals surface area contributed by atoms with Crippen molar-refractivity contribution in [3.63, 3.8) is 0 Å². The van der Waals surface area contributed by atoms with E-state index in [-0.39, 0.29) is 10.2 Å². The number of hydrogen-bond donors (Lipinski definition) is 0. The van der Waals surface area contributed by atoms with Gasteiger partial charge in [-0.25, -0.2) is 4.99 Å². The molecule has 2 aromatic carbocycles. The number of aliphatic imine (C=N–C) groups is 1. The molecule has 0 aromatic heterocycles. The van der Waals surface area contributed by atoms with Gasteiger partial charge in [0.2, 0.25) is 0 Å². The number of hydrogen-bond acceptors (Lipinski definition) is 2. The van der Waals surface area contributed by atoms with Gasteiger partial charge in [-0.2, -0.15) is 13.2 Å². The topological polar surface area (TPSA) is 24.8 Å². The Hall–Kier alpha value is -2.02. The molecule has 3 nitrogen and oxygen atoms in total. The first-order chi connectivity index (χ1) is 12.1. The zero-order valence-electron chi connectivity index (χ0n) is 15.0. The molecule has 0 bridgehead atoms. The van der Waals surface area contributed by atoms with E-state index in [1.54, 1.807) is 12.4 Å². The Morgan fingerprint density at radius 1 is 1.15 bits per heavy atom. The summed E-state index contributed by atoms with van der Waals surface area (Å²) < 4.78 is 44.8. The number of ether oxygens (including phenoxy) is 1. The first-order valence-corrected chi connectivity index (χ1v) is 8.81. The second kappa shape index (κ2) is 8.12. The standard InChI is InChI=1S/C19H20BrF3N2O/c1-5-25(4)11-24-17-8-13(3)18(9-12(17)2)26-14-6-7-16(20)15(10-14)19(21,22)23/h6-11H,5H2,1-4H3. The Kier molecular flexibility index (Phi) is 6.34. The zero-order chi connectivity index (χ0) is 19.5. The lowest BCUT2D eigenvalue weighted by Crippen LogP contribution is -2.14. The number of rotatable bonds is 5. The van der Waals surface area contributed by atoms with E-state index in [0.29, 0.717) is 5.75 Å². The minimum Gasteiger partial charge on any atom is -0.457 e. The first-order valence-electron chi connectivity index (χ1n) is 8.02. The number of nitrogens with zero attached hydrogens (tertiary/aromatic N) is 2. The van der Waals surface area contributed by atoms with E-state index in [2.05, 4.69) is 20.9 Å². The summed E-state index contributed by atoms with van der Waals surface area (Å²) in [4.78, 5) is 6.38. The summed E-state index contributed by atoms with van der Waals surface area (Å²) in [5, 5.41) is 0. The molecule has 0 spiro atoms. The van der Waals surface area contributed by atoms with E-state index in [1.165, 1.54) is 12.1 Å². The van der Waals surface area contributed by atoms with Gasteiger partial charge in [0.15, 0.2) is 0 Å². The highest BCUT2D eigenvalue weighted by molar-refractivity contribution is 9.10. The number of halogens is 4. The van der Waals surface area contributed by atoms with Crippen LogP contribution in [0, 0.1) is 13.8 Å². The molecular formula is C19H20BrF3N2O. The Labute approximate surface area is 159 Å². The molecule has 0 atom stereocenters. The van der Waals surface area contributed by atoms with Crippen molar-refractivity contribution in [2.45, 2.75) is 26.9 Å². The fraction of sp³-hybridized carbons (Fsp3) is 0.316. The van der Waals surface area contributed by atoms with Crippen molar-refractivity contribution in [1.82, 2.24) is 4.90 Å². The van der Waals surface area contributed by atoms with Crippen molar-refractivity contribution < 1.29 is 17.9 Å². The van der Waals surface area contributed by atoms with Crippen molar-refractivity contribution in [1.29, 1.82) is 0 Å². The van der Waals surface area contributed by atoms with Crippen LogP contribution in [0.25, 0.3) is 0 Å². The highest BCUT2D eigenvalue weighted by Crippen LogP contribution is 2.38. The lowest BCUT2D eigenvalue weighted by atomic mass is 10.1. The van der Waals surface area contributed by atoms with Gasteiger partial charge in [-0.15, -0.1) is 0 Å². The molecule has 0 aliphatic heterocycles. The van der Waals surface area contributed by atoms with Crippen LogP contribution in [0.2, 0.25) is 0 Å². The molecule has 0 aliphatic rings. The maximum absolute atomic E-state index is 13.0. The fourth-order valence-electron chi connectivity index (χ4n) is 2.18. The quantitative estimate of drug-likeness (QED) is 0.401. The SMILES string of the molecule is CCN(C)C=Nc1cc(C)c(Oc2ccc(Br)c(C(F)(F)F)c2)cc1C. The van der Waals surface area contributed by atoms with Crippen LogP contribution in [0.4, 0.5) is 18.9 Å². The average Bonchev–Trinajstić information content (AvgIpc) is 2.56. The summed E-state index contributed by atoms with van der Waals surface area (Å²) in [6.07, 6.45) is -2.71. The Morgan fingerprint density at radius 2 is 1.85 bits per heavy atom. The van der Waals surface area contributed by atoms with Gasteiger partial charge in [-0.05, 0) is 62.2 Å². The molecular weight excluding hydrogens is 409 g/mol. The molecule has 0 amide bonds. The van der Waals surface area contributed by atoms with E-state index in [4.69, 9.17) is 4.74 Å². The molecule has 0 unspecified atom stereocenters. The van der Waals surface area contributed by atoms with Gasteiger partial charge in [0.25, 0.3) is 0 Å². The molecule has 0 aliphatic carbocycles. The van der Waals surface area contributed by atoms with Crippen LogP contribution in [0.1, 0.15) is 23.6 Å². The molecule has 140 valence electrons. The molecule has 0 saturated heterocycles. The van der Waals surface area contributed by atoms with E-state index in [0.717, 1.165) is 29.4 Å². The summed E-state index contributed by atoms with van der Waals surface area (Å²) in [5.74, 6) is 0.630. The number of benzene rings is 2. The molecule has 2 rings (SSSR count). The van der Waals surface area contributed by atoms with Gasteiger partial charge in [0, 0.05) is 18.1 Å². The first kappa shape index (κ1) is 20.3. The van der Waals surface area contributed by atoms with Crippen LogP contribution in [0.15, 0.2) is 39.8 Å². The second-order valence-electron chi connectivity index (χ2n) is 5.96. The van der Waals surface area contributed by atoms with Gasteiger partial charge < -0.3 is 9.64 Å². The molecule has 7 heteroatoms.